The molecular formula is C12H11N3. The van der Waals surface area contributed by atoms with Crippen molar-refractivity contribution in [1.82, 2.24) is 15.0 Å². The fraction of sp³-hybridized carbons (Fsp3) is 0. The fourth-order valence-electron chi connectivity index (χ4n) is 1.19. The number of hydrogen-bond acceptors (Lipinski definition) is 2. The van der Waals surface area contributed by atoms with Gasteiger partial charge < -0.3 is 4.98 Å². The normalized spacial score (nSPS) is 9.33. The maximum Gasteiger partial charge on any atom is 0.159 e. The summed E-state index contributed by atoms with van der Waals surface area (Å²) in [5, 5.41) is 1.09. The van der Waals surface area contributed by atoms with Crippen LogP contribution in [0.4, 0.5) is 0 Å². The van der Waals surface area contributed by atoms with E-state index < -0.39 is 0 Å². The zero-order valence-corrected chi connectivity index (χ0v) is 8.17. The predicted molar refractivity (Wildman–Crippen MR) is 60.3 cm³/mol. The summed E-state index contributed by atoms with van der Waals surface area (Å²) in [6, 6.07) is 11.7. The Balaban J connectivity index is 0.000000144. The van der Waals surface area contributed by atoms with E-state index in [1.807, 2.05) is 48.8 Å². The first-order valence-corrected chi connectivity index (χ1v) is 4.70. The monoisotopic (exact) mass is 197 g/mol. The minimum absolute atomic E-state index is 0.810. The predicted octanol–water partition coefficient (Wildman–Crippen LogP) is 2.64. The lowest BCUT2D eigenvalue weighted by Gasteiger charge is -1.90. The zero-order chi connectivity index (χ0) is 10.3. The van der Waals surface area contributed by atoms with Crippen LogP contribution < -0.4 is 0 Å². The summed E-state index contributed by atoms with van der Waals surface area (Å²) in [5.41, 5.74) is 0.810. The van der Waals surface area contributed by atoms with Crippen molar-refractivity contribution in [1.29, 1.82) is 0 Å². The molecule has 0 amide bonds. The minimum atomic E-state index is 0.810. The first-order valence-electron chi connectivity index (χ1n) is 4.70. The summed E-state index contributed by atoms with van der Waals surface area (Å²) >= 11 is 0. The number of fused-ring (bicyclic) bond motifs is 1. The van der Waals surface area contributed by atoms with E-state index >= 15 is 0 Å². The Hall–Kier alpha value is -2.16. The first-order chi connectivity index (χ1) is 7.47. The van der Waals surface area contributed by atoms with E-state index in [2.05, 4.69) is 15.0 Å². The molecule has 3 rings (SSSR count). The van der Waals surface area contributed by atoms with E-state index in [-0.39, 0.29) is 0 Å². The lowest BCUT2D eigenvalue weighted by molar-refractivity contribution is 1.29. The van der Waals surface area contributed by atoms with Crippen molar-refractivity contribution in [3.63, 3.8) is 0 Å². The number of pyridine rings is 2. The number of rotatable bonds is 0. The summed E-state index contributed by atoms with van der Waals surface area (Å²) in [5.74, 6) is 0. The maximum atomic E-state index is 4.07. The van der Waals surface area contributed by atoms with Crippen LogP contribution in [0.3, 0.4) is 0 Å². The third kappa shape index (κ3) is 2.64. The van der Waals surface area contributed by atoms with E-state index in [1.54, 1.807) is 12.4 Å². The van der Waals surface area contributed by atoms with Crippen LogP contribution in [0.25, 0.3) is 11.0 Å². The van der Waals surface area contributed by atoms with E-state index in [1.165, 1.54) is 0 Å². The van der Waals surface area contributed by atoms with Crippen LogP contribution in [0, 0.1) is 0 Å². The number of nitrogens with zero attached hydrogens (tertiary/aromatic N) is 2. The van der Waals surface area contributed by atoms with Crippen molar-refractivity contribution in [3.05, 3.63) is 61.2 Å². The van der Waals surface area contributed by atoms with Gasteiger partial charge >= 0.3 is 0 Å². The molecule has 0 aromatic carbocycles. The van der Waals surface area contributed by atoms with Crippen LogP contribution in [0.1, 0.15) is 0 Å². The van der Waals surface area contributed by atoms with Gasteiger partial charge in [-0.15, -0.1) is 0 Å². The molecule has 0 unspecified atom stereocenters. The Morgan fingerprint density at radius 1 is 0.800 bits per heavy atom. The number of aromatic nitrogens is 3. The van der Waals surface area contributed by atoms with Crippen LogP contribution in [-0.2, 0) is 0 Å². The molecule has 3 nitrogen and oxygen atoms in total. The van der Waals surface area contributed by atoms with E-state index in [0.717, 1.165) is 11.0 Å². The van der Waals surface area contributed by atoms with Crippen molar-refractivity contribution in [2.75, 3.05) is 0 Å². The smallest absolute Gasteiger partial charge is 0.159 e. The summed E-state index contributed by atoms with van der Waals surface area (Å²) in [7, 11) is 0. The lowest BCUT2D eigenvalue weighted by atomic mass is 10.3. The van der Waals surface area contributed by atoms with Crippen molar-refractivity contribution in [2.24, 2.45) is 0 Å². The molecule has 0 aliphatic rings. The number of hydrogen-bond donors (Lipinski definition) is 1. The Labute approximate surface area is 87.8 Å². The van der Waals surface area contributed by atoms with Crippen molar-refractivity contribution >= 4 is 11.0 Å². The Kier molecular flexibility index (Phi) is 3.07. The van der Waals surface area contributed by atoms with Gasteiger partial charge in [0, 0.05) is 30.2 Å². The van der Waals surface area contributed by atoms with Gasteiger partial charge in [0.1, 0.15) is 0 Å². The van der Waals surface area contributed by atoms with Gasteiger partial charge in [0.15, 0.2) is 5.65 Å². The molecule has 3 heteroatoms. The van der Waals surface area contributed by atoms with Gasteiger partial charge in [-0.2, -0.15) is 0 Å². The van der Waals surface area contributed by atoms with Crippen molar-refractivity contribution in [2.45, 2.75) is 0 Å². The number of nitrogens with one attached hydrogen (secondary N) is 1. The molecule has 0 bridgehead atoms. The Bertz CT molecular complexity index is 420. The molecule has 3 aromatic heterocycles. The van der Waals surface area contributed by atoms with E-state index in [4.69, 9.17) is 0 Å². The maximum absolute atomic E-state index is 4.07. The molecule has 15 heavy (non-hydrogen) atoms. The summed E-state index contributed by atoms with van der Waals surface area (Å²) in [6.07, 6.45) is 7.24. The molecule has 0 atom stereocenters. The van der Waals surface area contributed by atoms with Crippen LogP contribution in [0.15, 0.2) is 61.2 Å². The van der Waals surface area contributed by atoms with Crippen LogP contribution >= 0.6 is 0 Å². The van der Waals surface area contributed by atoms with Gasteiger partial charge in [0.05, 0.1) is 0 Å². The quantitative estimate of drug-likeness (QED) is 0.602. The molecule has 0 radical (unpaired) electrons. The highest BCUT2D eigenvalue weighted by Crippen LogP contribution is 2.04. The standard InChI is InChI=1S/C8H6N2.C4H5N/c1-3-7-4-2-6-10-8(7)9-5-1;1-2-4-5-3-1/h1-6H;1-5H. The molecule has 3 heterocycles. The molecule has 0 saturated heterocycles. The average molecular weight is 197 g/mol. The van der Waals surface area contributed by atoms with Gasteiger partial charge in [0.2, 0.25) is 0 Å². The number of aromatic amines is 1. The number of H-pyrrole nitrogens is 1. The highest BCUT2D eigenvalue weighted by molar-refractivity contribution is 5.73. The summed E-state index contributed by atoms with van der Waals surface area (Å²) in [4.78, 5) is 11.0. The molecule has 74 valence electrons. The Morgan fingerprint density at radius 3 is 1.80 bits per heavy atom. The van der Waals surface area contributed by atoms with Gasteiger partial charge in [-0.25, -0.2) is 9.97 Å². The second-order valence-electron chi connectivity index (χ2n) is 2.94. The summed E-state index contributed by atoms with van der Waals surface area (Å²) in [6.45, 7) is 0. The molecule has 0 spiro atoms. The third-order valence-corrected chi connectivity index (χ3v) is 1.87. The molecule has 1 N–H and O–H groups in total. The third-order valence-electron chi connectivity index (χ3n) is 1.87. The zero-order valence-electron chi connectivity index (χ0n) is 8.17. The van der Waals surface area contributed by atoms with Gasteiger partial charge in [-0.1, -0.05) is 0 Å². The van der Waals surface area contributed by atoms with Crippen LogP contribution in [-0.4, -0.2) is 15.0 Å². The van der Waals surface area contributed by atoms with Crippen LogP contribution in [0.5, 0.6) is 0 Å². The first kappa shape index (κ1) is 9.40. The van der Waals surface area contributed by atoms with Crippen molar-refractivity contribution in [3.8, 4) is 0 Å². The molecule has 0 aliphatic carbocycles. The van der Waals surface area contributed by atoms with E-state index in [9.17, 15) is 0 Å². The minimum Gasteiger partial charge on any atom is -0.368 e. The largest absolute Gasteiger partial charge is 0.368 e. The molecule has 3 aromatic rings. The molecular weight excluding hydrogens is 186 g/mol. The van der Waals surface area contributed by atoms with Gasteiger partial charge in [-0.05, 0) is 36.4 Å². The molecule has 0 saturated carbocycles. The lowest BCUT2D eigenvalue weighted by Crippen LogP contribution is -1.78. The second kappa shape index (κ2) is 4.91. The van der Waals surface area contributed by atoms with E-state index in [0.29, 0.717) is 0 Å². The SMILES string of the molecule is c1cc[nH]c1.c1cnc2ncccc2c1. The van der Waals surface area contributed by atoms with Crippen LogP contribution in [0.2, 0.25) is 0 Å². The topological polar surface area (TPSA) is 41.6 Å². The fourth-order valence-corrected chi connectivity index (χ4v) is 1.19. The highest BCUT2D eigenvalue weighted by Gasteiger charge is 1.88. The Morgan fingerprint density at radius 2 is 1.40 bits per heavy atom. The molecule has 0 aliphatic heterocycles. The summed E-state index contributed by atoms with van der Waals surface area (Å²) < 4.78 is 0. The second-order valence-corrected chi connectivity index (χ2v) is 2.94. The highest BCUT2D eigenvalue weighted by atomic mass is 14.8. The van der Waals surface area contributed by atoms with Crippen molar-refractivity contribution < 1.29 is 0 Å². The average Bonchev–Trinajstić information content (AvgIpc) is 2.88. The van der Waals surface area contributed by atoms with Gasteiger partial charge in [0.25, 0.3) is 0 Å². The molecule has 0 fully saturated rings. The van der Waals surface area contributed by atoms with Gasteiger partial charge in [-0.3, -0.25) is 0 Å².